The fourth-order valence-electron chi connectivity index (χ4n) is 4.63. The summed E-state index contributed by atoms with van der Waals surface area (Å²) < 4.78 is 0. The van der Waals surface area contributed by atoms with Crippen molar-refractivity contribution in [2.75, 3.05) is 20.1 Å². The van der Waals surface area contributed by atoms with Gasteiger partial charge in [-0.25, -0.2) is 0 Å². The van der Waals surface area contributed by atoms with Gasteiger partial charge in [-0.1, -0.05) is 80.4 Å². The largest absolute Gasteiger partial charge is 0.370 e. The highest BCUT2D eigenvalue weighted by atomic mass is 16.2. The molecule has 0 unspecified atom stereocenters. The zero-order chi connectivity index (χ0) is 32.3. The van der Waals surface area contributed by atoms with Crippen LogP contribution in [0.3, 0.4) is 0 Å². The van der Waals surface area contributed by atoms with E-state index in [1.54, 1.807) is 7.05 Å². The lowest BCUT2D eigenvalue weighted by Crippen LogP contribution is -2.58. The molecule has 0 aliphatic carbocycles. The maximum absolute atomic E-state index is 13.7. The minimum Gasteiger partial charge on any atom is -0.370 e. The summed E-state index contributed by atoms with van der Waals surface area (Å²) in [6.45, 7) is 2.35. The lowest BCUT2D eigenvalue weighted by Gasteiger charge is -2.26. The fraction of sp³-hybridized carbons (Fsp3) is 0.469. The van der Waals surface area contributed by atoms with Gasteiger partial charge in [0.15, 0.2) is 11.7 Å². The van der Waals surface area contributed by atoms with Gasteiger partial charge in [-0.05, 0) is 43.9 Å². The normalized spacial score (nSPS) is 13.5. The van der Waals surface area contributed by atoms with Gasteiger partial charge < -0.3 is 38.5 Å². The van der Waals surface area contributed by atoms with Crippen molar-refractivity contribution in [1.29, 1.82) is 0 Å². The maximum atomic E-state index is 13.7. The predicted octanol–water partition coefficient (Wildman–Crippen LogP) is 0.286. The Bertz CT molecular complexity index is 1210. The molecule has 2 aromatic carbocycles. The fourth-order valence-corrected chi connectivity index (χ4v) is 4.63. The lowest BCUT2D eigenvalue weighted by atomic mass is 10.0. The van der Waals surface area contributed by atoms with Gasteiger partial charge in [0, 0.05) is 13.0 Å². The van der Waals surface area contributed by atoms with E-state index in [0.717, 1.165) is 17.5 Å². The van der Waals surface area contributed by atoms with Crippen molar-refractivity contribution in [3.8, 4) is 0 Å². The Morgan fingerprint density at radius 1 is 0.727 bits per heavy atom. The van der Waals surface area contributed by atoms with E-state index in [4.69, 9.17) is 17.2 Å². The number of unbranched alkanes of at least 4 members (excludes halogenated alkanes) is 1. The Balaban J connectivity index is 2.20. The minimum absolute atomic E-state index is 0.0485. The molecule has 44 heavy (non-hydrogen) atoms. The van der Waals surface area contributed by atoms with E-state index in [0.29, 0.717) is 38.6 Å². The van der Waals surface area contributed by atoms with Crippen molar-refractivity contribution < 1.29 is 19.2 Å². The molecular weight excluding hydrogens is 560 g/mol. The third kappa shape index (κ3) is 13.3. The van der Waals surface area contributed by atoms with Gasteiger partial charge in [-0.3, -0.25) is 24.2 Å². The van der Waals surface area contributed by atoms with Crippen LogP contribution in [0.2, 0.25) is 0 Å². The minimum atomic E-state index is -0.982. The average molecular weight is 609 g/mol. The first-order valence-corrected chi connectivity index (χ1v) is 15.1. The number of carbonyl (C=O) groups excluding carboxylic acids is 4. The highest BCUT2D eigenvalue weighted by Crippen LogP contribution is 2.09. The summed E-state index contributed by atoms with van der Waals surface area (Å²) in [5.41, 5.74) is 18.7. The van der Waals surface area contributed by atoms with Crippen LogP contribution < -0.4 is 38.5 Å². The van der Waals surface area contributed by atoms with Crippen LogP contribution in [0, 0.1) is 0 Å². The molecule has 0 heterocycles. The first kappa shape index (κ1) is 35.9. The quantitative estimate of drug-likeness (QED) is 0.0630. The van der Waals surface area contributed by atoms with Gasteiger partial charge in [0.25, 0.3) is 0 Å². The highest BCUT2D eigenvalue weighted by molar-refractivity contribution is 5.95. The molecule has 0 saturated carbocycles. The Hall–Kier alpha value is -4.29. The summed E-state index contributed by atoms with van der Waals surface area (Å²) in [6.07, 6.45) is 3.11. The topological polar surface area (TPSA) is 207 Å². The van der Waals surface area contributed by atoms with Gasteiger partial charge in [-0.15, -0.1) is 0 Å². The summed E-state index contributed by atoms with van der Waals surface area (Å²) in [5.74, 6) is -1.72. The Morgan fingerprint density at radius 2 is 1.25 bits per heavy atom. The van der Waals surface area contributed by atoms with Gasteiger partial charge >= 0.3 is 0 Å². The van der Waals surface area contributed by atoms with Gasteiger partial charge in [0.05, 0.1) is 18.6 Å². The highest BCUT2D eigenvalue weighted by Gasteiger charge is 2.30. The summed E-state index contributed by atoms with van der Waals surface area (Å²) in [4.78, 5) is 57.0. The molecule has 0 aliphatic rings. The molecule has 12 nitrogen and oxygen atoms in total. The van der Waals surface area contributed by atoms with E-state index in [1.807, 2.05) is 67.6 Å². The number of carbonyl (C=O) groups is 4. The van der Waals surface area contributed by atoms with Gasteiger partial charge in [0.2, 0.25) is 17.7 Å². The second-order valence-corrected chi connectivity index (χ2v) is 10.8. The van der Waals surface area contributed by atoms with Crippen LogP contribution in [0.5, 0.6) is 0 Å². The van der Waals surface area contributed by atoms with E-state index >= 15 is 0 Å². The van der Waals surface area contributed by atoms with Crippen LogP contribution >= 0.6 is 0 Å². The molecule has 2 aromatic rings. The second-order valence-electron chi connectivity index (χ2n) is 10.8. The van der Waals surface area contributed by atoms with Gasteiger partial charge in [-0.2, -0.15) is 0 Å². The Morgan fingerprint density at radius 3 is 1.82 bits per heavy atom. The van der Waals surface area contributed by atoms with E-state index < -0.39 is 41.9 Å². The first-order chi connectivity index (χ1) is 21.1. The molecule has 0 aliphatic heterocycles. The van der Waals surface area contributed by atoms with Crippen LogP contribution in [-0.4, -0.2) is 73.8 Å². The number of amides is 3. The number of nitrogens with zero attached hydrogens (tertiary/aromatic N) is 1. The number of Topliss-reactive ketones (excluding diaryl/α,β-unsaturated/α-hetero) is 1. The Kier molecular flexibility index (Phi) is 16.2. The van der Waals surface area contributed by atoms with Crippen molar-refractivity contribution >= 4 is 29.5 Å². The molecule has 0 radical (unpaired) electrons. The molecule has 0 saturated heterocycles. The zero-order valence-electron chi connectivity index (χ0n) is 25.8. The average Bonchev–Trinajstić information content (AvgIpc) is 3.01. The summed E-state index contributed by atoms with van der Waals surface area (Å²) in [5, 5.41) is 11.3. The predicted molar refractivity (Wildman–Crippen MR) is 172 cm³/mol. The standard InChI is InChI=1S/C32H48N8O4/c1-3-4-16-26(30(43)38-25(28(41)21-36-2)17-11-18-37-32(34)35)39-31(44)27(20-23-14-9-6-10-15-23)40-29(42)24(33)19-22-12-7-5-8-13-22/h5-10,12-15,24-27,36H,3-4,11,16-21,33H2,1-2H3,(H,38,43)(H,39,44)(H,40,42)(H4,34,35,37)/t24-,25-,26-,27-/m1/s1. The smallest absolute Gasteiger partial charge is 0.243 e. The maximum Gasteiger partial charge on any atom is 0.243 e. The SMILES string of the molecule is CCCC[C@@H](NC(=O)[C@@H](Cc1ccccc1)NC(=O)[C@H](N)Cc1ccccc1)C(=O)N[C@H](CCCN=C(N)N)C(=O)CNC. The zero-order valence-corrected chi connectivity index (χ0v) is 25.8. The van der Waals surface area contributed by atoms with Crippen molar-refractivity contribution in [3.05, 3.63) is 71.8 Å². The molecule has 12 heteroatoms. The number of rotatable bonds is 20. The molecule has 0 aromatic heterocycles. The summed E-state index contributed by atoms with van der Waals surface area (Å²) in [7, 11) is 1.65. The third-order valence-corrected chi connectivity index (χ3v) is 7.03. The van der Waals surface area contributed by atoms with E-state index in [-0.39, 0.29) is 24.7 Å². The van der Waals surface area contributed by atoms with Crippen LogP contribution in [0.4, 0.5) is 0 Å². The van der Waals surface area contributed by atoms with Crippen molar-refractivity contribution in [3.63, 3.8) is 0 Å². The molecule has 240 valence electrons. The van der Waals surface area contributed by atoms with Crippen LogP contribution in [-0.2, 0) is 32.0 Å². The van der Waals surface area contributed by atoms with Crippen LogP contribution in [0.25, 0.3) is 0 Å². The Labute approximate surface area is 260 Å². The number of aliphatic imine (C=N–C) groups is 1. The number of likely N-dealkylation sites (N-methyl/N-ethyl adjacent to an activating group) is 1. The van der Waals surface area contributed by atoms with Crippen molar-refractivity contribution in [2.45, 2.75) is 76.0 Å². The molecule has 3 amide bonds. The van der Waals surface area contributed by atoms with Crippen molar-refractivity contribution in [1.82, 2.24) is 21.3 Å². The number of ketones is 1. The van der Waals surface area contributed by atoms with Gasteiger partial charge in [0.1, 0.15) is 12.1 Å². The van der Waals surface area contributed by atoms with Crippen LogP contribution in [0.1, 0.15) is 50.2 Å². The van der Waals surface area contributed by atoms with E-state index in [9.17, 15) is 19.2 Å². The molecule has 0 bridgehead atoms. The molecule has 2 rings (SSSR count). The summed E-state index contributed by atoms with van der Waals surface area (Å²) in [6, 6.07) is 15.1. The molecule has 4 atom stereocenters. The molecular formula is C32H48N8O4. The molecule has 0 fully saturated rings. The van der Waals surface area contributed by atoms with E-state index in [2.05, 4.69) is 26.3 Å². The third-order valence-electron chi connectivity index (χ3n) is 7.03. The molecule has 10 N–H and O–H groups in total. The number of hydrogen-bond acceptors (Lipinski definition) is 7. The first-order valence-electron chi connectivity index (χ1n) is 15.1. The number of hydrogen-bond donors (Lipinski definition) is 7. The summed E-state index contributed by atoms with van der Waals surface area (Å²) >= 11 is 0. The molecule has 0 spiro atoms. The number of benzene rings is 2. The lowest BCUT2D eigenvalue weighted by molar-refractivity contribution is -0.133. The van der Waals surface area contributed by atoms with Crippen LogP contribution in [0.15, 0.2) is 65.7 Å². The second kappa shape index (κ2) is 19.8. The monoisotopic (exact) mass is 608 g/mol. The van der Waals surface area contributed by atoms with E-state index in [1.165, 1.54) is 0 Å². The number of nitrogens with one attached hydrogen (secondary N) is 4. The number of nitrogens with two attached hydrogens (primary N) is 3. The number of guanidine groups is 1. The van der Waals surface area contributed by atoms with Crippen molar-refractivity contribution in [2.24, 2.45) is 22.2 Å².